The summed E-state index contributed by atoms with van der Waals surface area (Å²) in [5, 5.41) is 0. The summed E-state index contributed by atoms with van der Waals surface area (Å²) in [6, 6.07) is 6.22. The molecule has 0 amide bonds. The van der Waals surface area contributed by atoms with Crippen molar-refractivity contribution in [2.24, 2.45) is 5.73 Å². The molecule has 0 atom stereocenters. The van der Waals surface area contributed by atoms with E-state index in [0.717, 1.165) is 18.4 Å². The van der Waals surface area contributed by atoms with Gasteiger partial charge in [-0.2, -0.15) is 0 Å². The number of aryl methyl sites for hydroxylation is 2. The van der Waals surface area contributed by atoms with E-state index in [9.17, 15) is 8.78 Å². The third-order valence-electron chi connectivity index (χ3n) is 4.30. The van der Waals surface area contributed by atoms with Crippen LogP contribution in [-0.2, 0) is 18.3 Å². The van der Waals surface area contributed by atoms with Crippen LogP contribution in [0.3, 0.4) is 0 Å². The fourth-order valence-electron chi connectivity index (χ4n) is 3.31. The summed E-state index contributed by atoms with van der Waals surface area (Å²) < 4.78 is 26.2. The number of rotatable bonds is 2. The number of alkyl halides is 2. The molecule has 1 saturated carbocycles. The van der Waals surface area contributed by atoms with Crippen LogP contribution in [0.5, 0.6) is 0 Å². The molecule has 0 radical (unpaired) electrons. The number of hydrogen-bond donors (Lipinski definition) is 1. The Kier molecular flexibility index (Phi) is 2.31. The molecule has 17 heavy (non-hydrogen) atoms. The van der Waals surface area contributed by atoms with Gasteiger partial charge >= 0.3 is 0 Å². The minimum atomic E-state index is -2.52. The van der Waals surface area contributed by atoms with Crippen molar-refractivity contribution in [2.45, 2.75) is 43.4 Å². The van der Waals surface area contributed by atoms with Gasteiger partial charge in [0.25, 0.3) is 0 Å². The smallest absolute Gasteiger partial charge is 0.250 e. The lowest BCUT2D eigenvalue weighted by Gasteiger charge is -2.47. The molecular formula is C14H17F2N. The van der Waals surface area contributed by atoms with Gasteiger partial charge in [0.05, 0.1) is 0 Å². The first-order chi connectivity index (χ1) is 8.05. The molecule has 1 nitrogen and oxygen atoms in total. The van der Waals surface area contributed by atoms with Gasteiger partial charge in [0, 0.05) is 24.8 Å². The van der Waals surface area contributed by atoms with Crippen LogP contribution < -0.4 is 5.73 Å². The van der Waals surface area contributed by atoms with Gasteiger partial charge in [-0.15, -0.1) is 0 Å². The Bertz CT molecular complexity index is 446. The summed E-state index contributed by atoms with van der Waals surface area (Å²) in [7, 11) is 0. The molecular weight excluding hydrogens is 220 g/mol. The largest absolute Gasteiger partial charge is 0.330 e. The average molecular weight is 237 g/mol. The molecule has 0 heterocycles. The Balaban J connectivity index is 1.93. The molecule has 0 aliphatic heterocycles. The van der Waals surface area contributed by atoms with Crippen molar-refractivity contribution in [1.29, 1.82) is 0 Å². The summed E-state index contributed by atoms with van der Waals surface area (Å²) >= 11 is 0. The van der Waals surface area contributed by atoms with E-state index in [1.807, 2.05) is 6.07 Å². The van der Waals surface area contributed by atoms with Crippen molar-refractivity contribution in [1.82, 2.24) is 0 Å². The molecule has 3 rings (SSSR count). The van der Waals surface area contributed by atoms with Crippen LogP contribution >= 0.6 is 0 Å². The Morgan fingerprint density at radius 3 is 2.47 bits per heavy atom. The third-order valence-corrected chi connectivity index (χ3v) is 4.30. The van der Waals surface area contributed by atoms with Crippen molar-refractivity contribution in [3.05, 3.63) is 34.9 Å². The van der Waals surface area contributed by atoms with Crippen molar-refractivity contribution in [2.75, 3.05) is 6.54 Å². The van der Waals surface area contributed by atoms with Gasteiger partial charge in [-0.1, -0.05) is 18.2 Å². The summed E-state index contributed by atoms with van der Waals surface area (Å²) in [4.78, 5) is 0. The van der Waals surface area contributed by atoms with Gasteiger partial charge in [0.2, 0.25) is 5.92 Å². The molecule has 1 aromatic rings. The second-order valence-electron chi connectivity index (χ2n) is 5.53. The lowest BCUT2D eigenvalue weighted by Crippen LogP contribution is -2.53. The van der Waals surface area contributed by atoms with E-state index in [0.29, 0.717) is 6.54 Å². The Hall–Kier alpha value is -0.960. The van der Waals surface area contributed by atoms with E-state index in [1.54, 1.807) is 0 Å². The zero-order valence-electron chi connectivity index (χ0n) is 9.81. The van der Waals surface area contributed by atoms with E-state index < -0.39 is 11.3 Å². The molecule has 0 spiro atoms. The van der Waals surface area contributed by atoms with E-state index in [2.05, 4.69) is 12.1 Å². The van der Waals surface area contributed by atoms with E-state index in [1.165, 1.54) is 17.5 Å². The predicted octanol–water partition coefficient (Wildman–Crippen LogP) is 2.80. The number of nitrogens with two attached hydrogens (primary N) is 1. The first kappa shape index (κ1) is 11.1. The fraction of sp³-hybridized carbons (Fsp3) is 0.571. The van der Waals surface area contributed by atoms with Crippen molar-refractivity contribution < 1.29 is 8.78 Å². The molecule has 3 heteroatoms. The highest BCUT2D eigenvalue weighted by Gasteiger charge is 2.56. The lowest BCUT2D eigenvalue weighted by molar-refractivity contribution is -0.123. The second-order valence-corrected chi connectivity index (χ2v) is 5.53. The third kappa shape index (κ3) is 1.68. The quantitative estimate of drug-likeness (QED) is 0.841. The number of benzene rings is 1. The molecule has 2 N–H and O–H groups in total. The van der Waals surface area contributed by atoms with Gasteiger partial charge in [-0.25, -0.2) is 8.78 Å². The zero-order valence-corrected chi connectivity index (χ0v) is 9.81. The normalized spacial score (nSPS) is 24.2. The summed E-state index contributed by atoms with van der Waals surface area (Å²) in [5.74, 6) is -2.52. The van der Waals surface area contributed by atoms with Crippen molar-refractivity contribution >= 4 is 0 Å². The van der Waals surface area contributed by atoms with Gasteiger partial charge in [0.1, 0.15) is 0 Å². The molecule has 1 aromatic carbocycles. The van der Waals surface area contributed by atoms with Crippen LogP contribution in [0.4, 0.5) is 8.78 Å². The maximum atomic E-state index is 13.1. The molecule has 0 aromatic heterocycles. The summed E-state index contributed by atoms with van der Waals surface area (Å²) in [6.07, 6.45) is 3.22. The van der Waals surface area contributed by atoms with Crippen LogP contribution in [0, 0.1) is 0 Å². The molecule has 92 valence electrons. The molecule has 0 bridgehead atoms. The SMILES string of the molecule is NCC1(c2ccc3c(c2)CCC3)CC(F)(F)C1. The van der Waals surface area contributed by atoms with Gasteiger partial charge in [-0.3, -0.25) is 0 Å². The van der Waals surface area contributed by atoms with Crippen molar-refractivity contribution in [3.63, 3.8) is 0 Å². The minimum absolute atomic E-state index is 0.0880. The number of hydrogen-bond acceptors (Lipinski definition) is 1. The van der Waals surface area contributed by atoms with Crippen LogP contribution in [0.15, 0.2) is 18.2 Å². The van der Waals surface area contributed by atoms with Crippen LogP contribution in [0.25, 0.3) is 0 Å². The minimum Gasteiger partial charge on any atom is -0.330 e. The maximum Gasteiger partial charge on any atom is 0.250 e. The van der Waals surface area contributed by atoms with Crippen LogP contribution in [-0.4, -0.2) is 12.5 Å². The van der Waals surface area contributed by atoms with E-state index in [4.69, 9.17) is 5.73 Å². The monoisotopic (exact) mass is 237 g/mol. The standard InChI is InChI=1S/C14H17F2N/c15-14(16)7-13(8-14,9-17)12-5-4-10-2-1-3-11(10)6-12/h4-6H,1-3,7-9,17H2. The number of fused-ring (bicyclic) bond motifs is 1. The highest BCUT2D eigenvalue weighted by molar-refractivity contribution is 5.40. The predicted molar refractivity (Wildman–Crippen MR) is 63.4 cm³/mol. The Morgan fingerprint density at radius 1 is 1.12 bits per heavy atom. The Labute approximate surface area is 100 Å². The lowest BCUT2D eigenvalue weighted by atomic mass is 9.62. The number of halogens is 2. The average Bonchev–Trinajstić information content (AvgIpc) is 2.71. The molecule has 1 fully saturated rings. The van der Waals surface area contributed by atoms with Crippen LogP contribution in [0.2, 0.25) is 0 Å². The second kappa shape index (κ2) is 3.52. The Morgan fingerprint density at radius 2 is 1.82 bits per heavy atom. The molecule has 0 unspecified atom stereocenters. The van der Waals surface area contributed by atoms with Gasteiger partial charge in [0.15, 0.2) is 0 Å². The highest BCUT2D eigenvalue weighted by atomic mass is 19.3. The van der Waals surface area contributed by atoms with Crippen molar-refractivity contribution in [3.8, 4) is 0 Å². The maximum absolute atomic E-state index is 13.1. The molecule has 2 aliphatic rings. The van der Waals surface area contributed by atoms with E-state index >= 15 is 0 Å². The molecule has 2 aliphatic carbocycles. The highest BCUT2D eigenvalue weighted by Crippen LogP contribution is 2.53. The first-order valence-corrected chi connectivity index (χ1v) is 6.25. The summed E-state index contributed by atoms with van der Waals surface area (Å²) in [6.45, 7) is 0.321. The topological polar surface area (TPSA) is 26.0 Å². The van der Waals surface area contributed by atoms with Gasteiger partial charge in [-0.05, 0) is 36.0 Å². The van der Waals surface area contributed by atoms with E-state index in [-0.39, 0.29) is 12.8 Å². The fourth-order valence-corrected chi connectivity index (χ4v) is 3.31. The van der Waals surface area contributed by atoms with Crippen LogP contribution in [0.1, 0.15) is 36.0 Å². The first-order valence-electron chi connectivity index (χ1n) is 6.25. The molecule has 0 saturated heterocycles. The zero-order chi connectivity index (χ0) is 12.1. The summed E-state index contributed by atoms with van der Waals surface area (Å²) in [5.41, 5.74) is 9.00. The van der Waals surface area contributed by atoms with Gasteiger partial charge < -0.3 is 5.73 Å².